The highest BCUT2D eigenvalue weighted by atomic mass is 35.5. The van der Waals surface area contributed by atoms with E-state index < -0.39 is 28.5 Å². The van der Waals surface area contributed by atoms with Crippen LogP contribution in [0.25, 0.3) is 0 Å². The normalized spacial score (nSPS) is 12.1. The van der Waals surface area contributed by atoms with Gasteiger partial charge in [-0.1, -0.05) is 109 Å². The number of nitrogens with one attached hydrogen (secondary N) is 1. The first-order valence-electron chi connectivity index (χ1n) is 15.1. The highest BCUT2D eigenvalue weighted by molar-refractivity contribution is 7.92. The Kier molecular flexibility index (Phi) is 11.9. The van der Waals surface area contributed by atoms with Crippen molar-refractivity contribution < 1.29 is 18.0 Å². The first-order chi connectivity index (χ1) is 21.9. The zero-order chi connectivity index (χ0) is 33.4. The Hall–Kier alpha value is -3.85. The SMILES string of the molecule is Cc1ccc(S(=O)(=O)N(CC(=O)N(Cc2ccccc2Cl)[C@@H](Cc2ccccc2)C(=O)NCC(C)C)c2cc(Cl)ccc2C)cc1. The van der Waals surface area contributed by atoms with Crippen LogP contribution in [0.4, 0.5) is 5.69 Å². The third-order valence-electron chi connectivity index (χ3n) is 7.58. The second kappa shape index (κ2) is 15.6. The fourth-order valence-corrected chi connectivity index (χ4v) is 6.82. The van der Waals surface area contributed by atoms with Crippen molar-refractivity contribution >= 4 is 50.7 Å². The van der Waals surface area contributed by atoms with E-state index >= 15 is 0 Å². The Bertz CT molecular complexity index is 1760. The van der Waals surface area contributed by atoms with Gasteiger partial charge in [0.15, 0.2) is 0 Å². The number of halogens is 2. The molecule has 46 heavy (non-hydrogen) atoms. The first-order valence-corrected chi connectivity index (χ1v) is 17.3. The van der Waals surface area contributed by atoms with Crippen molar-refractivity contribution in [3.63, 3.8) is 0 Å². The van der Waals surface area contributed by atoms with Crippen LogP contribution in [0.2, 0.25) is 10.0 Å². The maximum Gasteiger partial charge on any atom is 0.264 e. The molecule has 2 amide bonds. The molecule has 0 aliphatic heterocycles. The molecule has 1 atom stereocenters. The van der Waals surface area contributed by atoms with Crippen LogP contribution < -0.4 is 9.62 Å². The van der Waals surface area contributed by atoms with Crippen LogP contribution in [-0.4, -0.2) is 44.3 Å². The quantitative estimate of drug-likeness (QED) is 0.162. The summed E-state index contributed by atoms with van der Waals surface area (Å²) in [5.41, 5.74) is 3.24. The van der Waals surface area contributed by atoms with E-state index in [2.05, 4.69) is 5.32 Å². The minimum Gasteiger partial charge on any atom is -0.354 e. The van der Waals surface area contributed by atoms with Crippen LogP contribution in [0.3, 0.4) is 0 Å². The summed E-state index contributed by atoms with van der Waals surface area (Å²) < 4.78 is 29.6. The van der Waals surface area contributed by atoms with Gasteiger partial charge >= 0.3 is 0 Å². The number of rotatable bonds is 13. The molecule has 0 fully saturated rings. The summed E-state index contributed by atoms with van der Waals surface area (Å²) in [7, 11) is -4.25. The van der Waals surface area contributed by atoms with Gasteiger partial charge in [-0.05, 0) is 66.8 Å². The summed E-state index contributed by atoms with van der Waals surface area (Å²) in [6.07, 6.45) is 0.210. The molecular formula is C36H39Cl2N3O4S. The highest BCUT2D eigenvalue weighted by Crippen LogP contribution is 2.30. The van der Waals surface area contributed by atoms with Crippen LogP contribution in [0, 0.1) is 19.8 Å². The summed E-state index contributed by atoms with van der Waals surface area (Å²) in [5, 5.41) is 3.73. The lowest BCUT2D eigenvalue weighted by atomic mass is 10.0. The fraction of sp³-hybridized carbons (Fsp3) is 0.278. The molecule has 4 aromatic carbocycles. The molecule has 7 nitrogen and oxygen atoms in total. The predicted octanol–water partition coefficient (Wildman–Crippen LogP) is 7.22. The molecule has 0 aliphatic carbocycles. The minimum absolute atomic E-state index is 0.0158. The van der Waals surface area contributed by atoms with Gasteiger partial charge in [0.25, 0.3) is 10.0 Å². The lowest BCUT2D eigenvalue weighted by Gasteiger charge is -2.34. The van der Waals surface area contributed by atoms with E-state index in [1.54, 1.807) is 55.5 Å². The van der Waals surface area contributed by atoms with Crippen LogP contribution in [0.1, 0.15) is 36.1 Å². The lowest BCUT2D eigenvalue weighted by Crippen LogP contribution is -2.53. The van der Waals surface area contributed by atoms with Crippen molar-refractivity contribution in [2.24, 2.45) is 5.92 Å². The van der Waals surface area contributed by atoms with Crippen molar-refractivity contribution in [1.82, 2.24) is 10.2 Å². The molecule has 0 radical (unpaired) electrons. The van der Waals surface area contributed by atoms with Crippen LogP contribution >= 0.6 is 23.2 Å². The highest BCUT2D eigenvalue weighted by Gasteiger charge is 2.35. The first kappa shape index (κ1) is 35.0. The monoisotopic (exact) mass is 679 g/mol. The molecule has 0 saturated heterocycles. The van der Waals surface area contributed by atoms with E-state index in [0.717, 1.165) is 15.4 Å². The number of carbonyl (C=O) groups is 2. The zero-order valence-electron chi connectivity index (χ0n) is 26.4. The van der Waals surface area contributed by atoms with Gasteiger partial charge in [-0.15, -0.1) is 0 Å². The van der Waals surface area contributed by atoms with Gasteiger partial charge in [-0.2, -0.15) is 0 Å². The van der Waals surface area contributed by atoms with Gasteiger partial charge in [0.2, 0.25) is 11.8 Å². The van der Waals surface area contributed by atoms with E-state index in [9.17, 15) is 18.0 Å². The summed E-state index contributed by atoms with van der Waals surface area (Å²) in [4.78, 5) is 30.0. The van der Waals surface area contributed by atoms with Gasteiger partial charge in [-0.3, -0.25) is 13.9 Å². The Morgan fingerprint density at radius 3 is 2.15 bits per heavy atom. The molecule has 0 unspecified atom stereocenters. The van der Waals surface area contributed by atoms with Gasteiger partial charge in [0.1, 0.15) is 12.6 Å². The topological polar surface area (TPSA) is 86.8 Å². The van der Waals surface area contributed by atoms with Crippen molar-refractivity contribution in [1.29, 1.82) is 0 Å². The Balaban J connectivity index is 1.84. The number of sulfonamides is 1. The third kappa shape index (κ3) is 8.90. The number of carbonyl (C=O) groups excluding carboxylic acids is 2. The predicted molar refractivity (Wildman–Crippen MR) is 186 cm³/mol. The molecule has 10 heteroatoms. The summed E-state index contributed by atoms with van der Waals surface area (Å²) in [6.45, 7) is 7.41. The molecule has 4 aromatic rings. The van der Waals surface area contributed by atoms with Crippen molar-refractivity contribution in [2.75, 3.05) is 17.4 Å². The fourth-order valence-electron chi connectivity index (χ4n) is 4.99. The van der Waals surface area contributed by atoms with Crippen LogP contribution in [0.5, 0.6) is 0 Å². The van der Waals surface area contributed by atoms with E-state index in [1.165, 1.54) is 23.1 Å². The number of amides is 2. The molecule has 0 saturated carbocycles. The minimum atomic E-state index is -4.25. The molecule has 0 heterocycles. The third-order valence-corrected chi connectivity index (χ3v) is 9.96. The smallest absolute Gasteiger partial charge is 0.264 e. The van der Waals surface area contributed by atoms with E-state index in [-0.39, 0.29) is 35.4 Å². The molecular weight excluding hydrogens is 641 g/mol. The molecule has 1 N–H and O–H groups in total. The number of hydrogen-bond acceptors (Lipinski definition) is 4. The number of benzene rings is 4. The van der Waals surface area contributed by atoms with Gasteiger partial charge in [0.05, 0.1) is 10.6 Å². The second-order valence-corrected chi connectivity index (χ2v) is 14.4. The molecule has 0 aromatic heterocycles. The number of nitrogens with zero attached hydrogens (tertiary/aromatic N) is 2. The van der Waals surface area contributed by atoms with Gasteiger partial charge in [0, 0.05) is 29.6 Å². The van der Waals surface area contributed by atoms with Gasteiger partial charge < -0.3 is 10.2 Å². The number of anilines is 1. The summed E-state index contributed by atoms with van der Waals surface area (Å²) in [5.74, 6) is -0.740. The van der Waals surface area contributed by atoms with Crippen molar-refractivity contribution in [3.05, 3.63) is 129 Å². The summed E-state index contributed by atoms with van der Waals surface area (Å²) >= 11 is 12.9. The Morgan fingerprint density at radius 2 is 1.50 bits per heavy atom. The maximum absolute atomic E-state index is 14.6. The van der Waals surface area contributed by atoms with Crippen LogP contribution in [0.15, 0.2) is 102 Å². The maximum atomic E-state index is 14.6. The van der Waals surface area contributed by atoms with E-state index in [4.69, 9.17) is 23.2 Å². The van der Waals surface area contributed by atoms with Crippen molar-refractivity contribution in [2.45, 2.75) is 51.6 Å². The Morgan fingerprint density at radius 1 is 0.848 bits per heavy atom. The molecule has 0 aliphatic rings. The standard InChI is InChI=1S/C36H39Cl2N3O4S/c1-25(2)22-39-36(43)34(20-28-10-6-5-7-11-28)40(23-29-12-8-9-13-32(29)38)35(42)24-41(33-21-30(37)17-16-27(33)4)46(44,45)31-18-14-26(3)15-19-31/h5-19,21,25,34H,20,22-24H2,1-4H3,(H,39,43)/t34-/m0/s1. The van der Waals surface area contributed by atoms with E-state index in [1.807, 2.05) is 51.1 Å². The average molecular weight is 681 g/mol. The second-order valence-electron chi connectivity index (χ2n) is 11.7. The van der Waals surface area contributed by atoms with Crippen LogP contribution in [-0.2, 0) is 32.6 Å². The van der Waals surface area contributed by atoms with Crippen molar-refractivity contribution in [3.8, 4) is 0 Å². The molecule has 0 spiro atoms. The lowest BCUT2D eigenvalue weighted by molar-refractivity contribution is -0.140. The number of hydrogen-bond donors (Lipinski definition) is 1. The largest absolute Gasteiger partial charge is 0.354 e. The zero-order valence-corrected chi connectivity index (χ0v) is 28.7. The average Bonchev–Trinajstić information content (AvgIpc) is 3.03. The number of aryl methyl sites for hydroxylation is 2. The molecule has 242 valence electrons. The molecule has 0 bridgehead atoms. The Labute approximate surface area is 282 Å². The van der Waals surface area contributed by atoms with Gasteiger partial charge in [-0.25, -0.2) is 8.42 Å². The summed E-state index contributed by atoms with van der Waals surface area (Å²) in [6, 6.07) is 26.9. The van der Waals surface area contributed by atoms with E-state index in [0.29, 0.717) is 27.7 Å². The molecule has 4 rings (SSSR count).